The molecule has 2 rings (SSSR count). The summed E-state index contributed by atoms with van der Waals surface area (Å²) in [5, 5.41) is 14.4. The molecule has 0 aromatic heterocycles. The molecule has 0 fully saturated rings. The molecule has 0 unspecified atom stereocenters. The van der Waals surface area contributed by atoms with Gasteiger partial charge in [-0.2, -0.15) is 13.2 Å². The van der Waals surface area contributed by atoms with Gasteiger partial charge in [-0.25, -0.2) is 4.79 Å². The van der Waals surface area contributed by atoms with Crippen LogP contribution in [0, 0.1) is 0 Å². The molecular weight excluding hydrogens is 443 g/mol. The number of carbonyl (C=O) groups excluding carboxylic acids is 3. The monoisotopic (exact) mass is 467 g/mol. The zero-order valence-electron chi connectivity index (χ0n) is 17.6. The Bertz CT molecular complexity index is 967. The number of nitrogens with one attached hydrogen (secondary N) is 2. The van der Waals surface area contributed by atoms with Gasteiger partial charge in [0.15, 0.2) is 0 Å². The minimum absolute atomic E-state index is 0.0831. The van der Waals surface area contributed by atoms with Crippen LogP contribution in [-0.4, -0.2) is 41.2 Å². The molecule has 0 aliphatic carbocycles. The zero-order chi connectivity index (χ0) is 24.6. The van der Waals surface area contributed by atoms with Crippen molar-refractivity contribution in [2.24, 2.45) is 5.73 Å². The van der Waals surface area contributed by atoms with Crippen molar-refractivity contribution >= 4 is 17.9 Å². The van der Waals surface area contributed by atoms with E-state index in [1.807, 2.05) is 0 Å². The van der Waals surface area contributed by atoms with Gasteiger partial charge in [-0.1, -0.05) is 48.5 Å². The Morgan fingerprint density at radius 3 is 2.24 bits per heavy atom. The minimum Gasteiger partial charge on any atom is -0.445 e. The number of benzene rings is 2. The van der Waals surface area contributed by atoms with Gasteiger partial charge >= 0.3 is 12.3 Å². The molecule has 33 heavy (non-hydrogen) atoms. The fourth-order valence-electron chi connectivity index (χ4n) is 2.89. The second-order valence-corrected chi connectivity index (χ2v) is 7.29. The topological polar surface area (TPSA) is 131 Å². The lowest BCUT2D eigenvalue weighted by molar-refractivity contribution is -0.137. The van der Waals surface area contributed by atoms with Crippen LogP contribution in [0.1, 0.15) is 23.6 Å². The molecule has 0 heterocycles. The molecule has 0 bridgehead atoms. The molecular formula is C22H24F3N3O5. The van der Waals surface area contributed by atoms with E-state index in [0.717, 1.165) is 12.1 Å². The van der Waals surface area contributed by atoms with Gasteiger partial charge in [-0.3, -0.25) is 9.59 Å². The van der Waals surface area contributed by atoms with E-state index in [-0.39, 0.29) is 18.6 Å². The molecule has 2 aromatic carbocycles. The highest BCUT2D eigenvalue weighted by molar-refractivity contribution is 5.91. The van der Waals surface area contributed by atoms with Gasteiger partial charge in [0, 0.05) is 6.42 Å². The molecule has 8 nitrogen and oxygen atoms in total. The van der Waals surface area contributed by atoms with Crippen LogP contribution in [0.15, 0.2) is 54.6 Å². The molecule has 0 saturated carbocycles. The number of halogens is 3. The summed E-state index contributed by atoms with van der Waals surface area (Å²) in [6.45, 7) is 1.15. The number of ether oxygens (including phenoxy) is 1. The maximum atomic E-state index is 12.9. The van der Waals surface area contributed by atoms with Gasteiger partial charge in [-0.15, -0.1) is 0 Å². The number of carbonyl (C=O) groups is 3. The van der Waals surface area contributed by atoms with Crippen LogP contribution in [-0.2, 0) is 33.5 Å². The van der Waals surface area contributed by atoms with Crippen molar-refractivity contribution in [3.8, 4) is 0 Å². The first-order valence-electron chi connectivity index (χ1n) is 9.88. The maximum Gasteiger partial charge on any atom is 0.416 e. The summed E-state index contributed by atoms with van der Waals surface area (Å²) in [4.78, 5) is 36.5. The van der Waals surface area contributed by atoms with Crippen molar-refractivity contribution in [1.29, 1.82) is 0 Å². The van der Waals surface area contributed by atoms with Crippen molar-refractivity contribution in [2.75, 3.05) is 0 Å². The average molecular weight is 467 g/mol. The van der Waals surface area contributed by atoms with Crippen LogP contribution in [0.25, 0.3) is 0 Å². The summed E-state index contributed by atoms with van der Waals surface area (Å²) >= 11 is 0. The summed E-state index contributed by atoms with van der Waals surface area (Å²) in [5.74, 6) is -1.96. The molecule has 11 heteroatoms. The Morgan fingerprint density at radius 2 is 1.67 bits per heavy atom. The molecule has 3 amide bonds. The quantitative estimate of drug-likeness (QED) is 0.448. The van der Waals surface area contributed by atoms with Gasteiger partial charge < -0.3 is 26.2 Å². The summed E-state index contributed by atoms with van der Waals surface area (Å²) < 4.78 is 43.8. The van der Waals surface area contributed by atoms with Gasteiger partial charge in [0.1, 0.15) is 18.7 Å². The molecule has 0 aliphatic heterocycles. The van der Waals surface area contributed by atoms with Crippen molar-refractivity contribution in [2.45, 2.75) is 44.3 Å². The third-order valence-electron chi connectivity index (χ3n) is 4.61. The highest BCUT2D eigenvalue weighted by atomic mass is 19.4. The second kappa shape index (κ2) is 11.3. The number of aliphatic hydroxyl groups excluding tert-OH is 1. The van der Waals surface area contributed by atoms with E-state index in [2.05, 4.69) is 10.6 Å². The Hall–Kier alpha value is -3.60. The first kappa shape index (κ1) is 25.7. The lowest BCUT2D eigenvalue weighted by atomic mass is 10.0. The Labute approximate surface area is 187 Å². The highest BCUT2D eigenvalue weighted by Crippen LogP contribution is 2.29. The van der Waals surface area contributed by atoms with Gasteiger partial charge in [0.25, 0.3) is 0 Å². The van der Waals surface area contributed by atoms with E-state index in [1.54, 1.807) is 30.3 Å². The van der Waals surface area contributed by atoms with Crippen LogP contribution in [0.5, 0.6) is 0 Å². The Morgan fingerprint density at radius 1 is 1.03 bits per heavy atom. The minimum atomic E-state index is -4.58. The first-order valence-corrected chi connectivity index (χ1v) is 9.88. The normalized spacial score (nSPS) is 14.0. The largest absolute Gasteiger partial charge is 0.445 e. The van der Waals surface area contributed by atoms with E-state index >= 15 is 0 Å². The van der Waals surface area contributed by atoms with Gasteiger partial charge in [0.2, 0.25) is 11.8 Å². The third kappa shape index (κ3) is 8.11. The van der Waals surface area contributed by atoms with Crippen molar-refractivity contribution < 1.29 is 37.4 Å². The molecule has 5 N–H and O–H groups in total. The predicted octanol–water partition coefficient (Wildman–Crippen LogP) is 1.89. The zero-order valence-corrected chi connectivity index (χ0v) is 17.6. The highest BCUT2D eigenvalue weighted by Gasteiger charge is 2.32. The van der Waals surface area contributed by atoms with Crippen molar-refractivity contribution in [1.82, 2.24) is 10.6 Å². The number of rotatable bonds is 9. The van der Waals surface area contributed by atoms with Crippen LogP contribution in [0.3, 0.4) is 0 Å². The first-order chi connectivity index (χ1) is 15.5. The number of aliphatic hydroxyl groups is 1. The maximum absolute atomic E-state index is 12.9. The Balaban J connectivity index is 2.03. The number of hydrogen-bond donors (Lipinski definition) is 4. The molecule has 2 aromatic rings. The number of primary amides is 1. The lowest BCUT2D eigenvalue weighted by Crippen LogP contribution is -2.57. The van der Waals surface area contributed by atoms with Crippen molar-refractivity contribution in [3.63, 3.8) is 0 Å². The van der Waals surface area contributed by atoms with Crippen LogP contribution >= 0.6 is 0 Å². The third-order valence-corrected chi connectivity index (χ3v) is 4.61. The standard InChI is InChI=1S/C22H24F3N3O5/c1-13(29)18(28-21(32)33-12-14-6-3-2-4-7-14)20(31)27-17(19(26)30)11-15-8-5-9-16(10-15)22(23,24)25/h2-10,13,17-18,29H,11-12H2,1H3,(H2,26,30)(H,27,31)(H,28,32)/t13-,17+,18+/m1/s1. The SMILES string of the molecule is C[C@@H](O)[C@H](NC(=O)OCc1ccccc1)C(=O)N[C@@H](Cc1cccc(C(F)(F)F)c1)C(N)=O. The second-order valence-electron chi connectivity index (χ2n) is 7.29. The molecule has 0 radical (unpaired) electrons. The smallest absolute Gasteiger partial charge is 0.416 e. The summed E-state index contributed by atoms with van der Waals surface area (Å²) in [7, 11) is 0. The van der Waals surface area contributed by atoms with Crippen molar-refractivity contribution in [3.05, 3.63) is 71.3 Å². The molecule has 178 valence electrons. The van der Waals surface area contributed by atoms with Crippen LogP contribution in [0.4, 0.5) is 18.0 Å². The predicted molar refractivity (Wildman–Crippen MR) is 112 cm³/mol. The average Bonchev–Trinajstić information content (AvgIpc) is 2.75. The fourth-order valence-corrected chi connectivity index (χ4v) is 2.89. The number of alkyl halides is 3. The van der Waals surface area contributed by atoms with Crippen LogP contribution in [0.2, 0.25) is 0 Å². The van der Waals surface area contributed by atoms with Gasteiger partial charge in [-0.05, 0) is 24.1 Å². The molecule has 0 saturated heterocycles. The summed E-state index contributed by atoms with van der Waals surface area (Å²) in [5.41, 5.74) is 5.18. The lowest BCUT2D eigenvalue weighted by Gasteiger charge is -2.23. The van der Waals surface area contributed by atoms with E-state index in [4.69, 9.17) is 10.5 Å². The summed E-state index contributed by atoms with van der Waals surface area (Å²) in [6.07, 6.45) is -7.27. The molecule has 3 atom stereocenters. The van der Waals surface area contributed by atoms with E-state index in [9.17, 15) is 32.7 Å². The molecule has 0 spiro atoms. The number of alkyl carbamates (subject to hydrolysis) is 1. The van der Waals surface area contributed by atoms with Crippen LogP contribution < -0.4 is 16.4 Å². The fraction of sp³-hybridized carbons (Fsp3) is 0.318. The van der Waals surface area contributed by atoms with E-state index < -0.39 is 47.8 Å². The molecule has 0 aliphatic rings. The number of hydrogen-bond acceptors (Lipinski definition) is 5. The number of nitrogens with two attached hydrogens (primary N) is 1. The summed E-state index contributed by atoms with van der Waals surface area (Å²) in [6, 6.07) is 10.1. The number of amides is 3. The van der Waals surface area contributed by atoms with E-state index in [1.165, 1.54) is 19.1 Å². The Kier molecular flexibility index (Phi) is 8.80. The van der Waals surface area contributed by atoms with Gasteiger partial charge in [0.05, 0.1) is 11.7 Å². The van der Waals surface area contributed by atoms with E-state index in [0.29, 0.717) is 5.56 Å².